The monoisotopic (exact) mass is 332 g/mol. The minimum Gasteiger partial charge on any atom is -0.352 e. The highest BCUT2D eigenvalue weighted by Gasteiger charge is 2.27. The van der Waals surface area contributed by atoms with Gasteiger partial charge in [-0.15, -0.1) is 0 Å². The average molecular weight is 332 g/mol. The van der Waals surface area contributed by atoms with Gasteiger partial charge in [-0.1, -0.05) is 36.8 Å². The summed E-state index contributed by atoms with van der Waals surface area (Å²) in [5, 5.41) is 0. The first kappa shape index (κ1) is 16.0. The van der Waals surface area contributed by atoms with Gasteiger partial charge in [-0.25, -0.2) is 0 Å². The van der Waals surface area contributed by atoms with Crippen molar-refractivity contribution in [2.75, 3.05) is 18.1 Å². The van der Waals surface area contributed by atoms with E-state index in [1.807, 2.05) is 0 Å². The van der Waals surface area contributed by atoms with Crippen LogP contribution in [-0.4, -0.2) is 17.7 Å². The third-order valence-corrected chi connectivity index (χ3v) is 4.90. The van der Waals surface area contributed by atoms with Crippen LogP contribution in [0.3, 0.4) is 0 Å². The fourth-order valence-electron chi connectivity index (χ4n) is 3.37. The van der Waals surface area contributed by atoms with Crippen molar-refractivity contribution >= 4 is 5.69 Å². The van der Waals surface area contributed by atoms with Gasteiger partial charge in [0, 0.05) is 35.9 Å². The molecule has 0 aliphatic carbocycles. The lowest BCUT2D eigenvalue weighted by atomic mass is 10.1. The van der Waals surface area contributed by atoms with Gasteiger partial charge in [0.05, 0.1) is 6.61 Å². The van der Waals surface area contributed by atoms with Crippen LogP contribution < -0.4 is 4.90 Å². The molecular formula is C22H24N2O. The van der Waals surface area contributed by atoms with E-state index in [-0.39, 0.29) is 6.23 Å². The molecule has 0 radical (unpaired) electrons. The average Bonchev–Trinajstić information content (AvgIpc) is 3.31. The highest BCUT2D eigenvalue weighted by Crippen LogP contribution is 2.32. The first-order valence-electron chi connectivity index (χ1n) is 8.97. The van der Waals surface area contributed by atoms with E-state index in [2.05, 4.69) is 90.3 Å². The molecule has 1 atom stereocenters. The van der Waals surface area contributed by atoms with Crippen molar-refractivity contribution in [2.24, 2.45) is 0 Å². The van der Waals surface area contributed by atoms with E-state index >= 15 is 0 Å². The molecule has 1 fully saturated rings. The third kappa shape index (κ3) is 3.20. The van der Waals surface area contributed by atoms with Crippen LogP contribution in [0, 0.1) is 6.92 Å². The maximum absolute atomic E-state index is 6.04. The Balaban J connectivity index is 1.59. The Morgan fingerprint density at radius 2 is 1.68 bits per heavy atom. The zero-order valence-corrected chi connectivity index (χ0v) is 14.9. The molecule has 25 heavy (non-hydrogen) atoms. The van der Waals surface area contributed by atoms with E-state index in [9.17, 15) is 0 Å². The summed E-state index contributed by atoms with van der Waals surface area (Å²) in [4.78, 5) is 2.34. The predicted molar refractivity (Wildman–Crippen MR) is 102 cm³/mol. The summed E-state index contributed by atoms with van der Waals surface area (Å²) in [6.07, 6.45) is 5.34. The Bertz CT molecular complexity index is 833. The largest absolute Gasteiger partial charge is 0.352 e. The molecule has 1 aromatic heterocycles. The van der Waals surface area contributed by atoms with Gasteiger partial charge in [0.1, 0.15) is 0 Å². The summed E-state index contributed by atoms with van der Waals surface area (Å²) in [5.74, 6) is 0. The SMILES string of the molecule is CCc1ccc(N2CCO[C@@H]2c2ccn(-c3ccc(C)cc3)c2)cc1. The van der Waals surface area contributed by atoms with Crippen LogP contribution in [0.25, 0.3) is 5.69 Å². The highest BCUT2D eigenvalue weighted by molar-refractivity contribution is 5.50. The zero-order chi connectivity index (χ0) is 17.2. The second-order valence-corrected chi connectivity index (χ2v) is 6.62. The van der Waals surface area contributed by atoms with Gasteiger partial charge in [-0.2, -0.15) is 0 Å². The van der Waals surface area contributed by atoms with Gasteiger partial charge >= 0.3 is 0 Å². The van der Waals surface area contributed by atoms with Crippen molar-refractivity contribution in [3.63, 3.8) is 0 Å². The van der Waals surface area contributed by atoms with Crippen molar-refractivity contribution in [1.29, 1.82) is 0 Å². The molecule has 1 aliphatic heterocycles. The molecule has 0 bridgehead atoms. The summed E-state index contributed by atoms with van der Waals surface area (Å²) >= 11 is 0. The lowest BCUT2D eigenvalue weighted by Crippen LogP contribution is -2.22. The molecule has 4 rings (SSSR count). The smallest absolute Gasteiger partial charge is 0.158 e. The van der Waals surface area contributed by atoms with Crippen molar-refractivity contribution < 1.29 is 4.74 Å². The minimum absolute atomic E-state index is 0.0147. The normalized spacial score (nSPS) is 17.2. The third-order valence-electron chi connectivity index (χ3n) is 4.90. The number of anilines is 1. The van der Waals surface area contributed by atoms with Crippen LogP contribution in [0.1, 0.15) is 29.8 Å². The predicted octanol–water partition coefficient (Wildman–Crippen LogP) is 4.88. The molecule has 2 aromatic carbocycles. The number of rotatable bonds is 4. The Hall–Kier alpha value is -2.52. The number of aryl methyl sites for hydroxylation is 2. The number of ether oxygens (including phenoxy) is 1. The summed E-state index contributed by atoms with van der Waals surface area (Å²) in [5.41, 5.74) is 6.23. The fourth-order valence-corrected chi connectivity index (χ4v) is 3.37. The van der Waals surface area contributed by atoms with Gasteiger partial charge in [0.15, 0.2) is 6.23 Å². The summed E-state index contributed by atoms with van der Waals surface area (Å²) in [7, 11) is 0. The second-order valence-electron chi connectivity index (χ2n) is 6.62. The van der Waals surface area contributed by atoms with Gasteiger partial charge < -0.3 is 14.2 Å². The maximum atomic E-state index is 6.04. The quantitative estimate of drug-likeness (QED) is 0.677. The molecule has 128 valence electrons. The van der Waals surface area contributed by atoms with Crippen molar-refractivity contribution in [2.45, 2.75) is 26.5 Å². The highest BCUT2D eigenvalue weighted by atomic mass is 16.5. The van der Waals surface area contributed by atoms with Gasteiger partial charge in [-0.3, -0.25) is 0 Å². The van der Waals surface area contributed by atoms with E-state index < -0.39 is 0 Å². The fraction of sp³-hybridized carbons (Fsp3) is 0.273. The van der Waals surface area contributed by atoms with Crippen LogP contribution >= 0.6 is 0 Å². The molecular weight excluding hydrogens is 308 g/mol. The summed E-state index contributed by atoms with van der Waals surface area (Å²) in [6.45, 7) is 5.98. The Kier molecular flexibility index (Phi) is 4.33. The van der Waals surface area contributed by atoms with Gasteiger partial charge in [0.25, 0.3) is 0 Å². The molecule has 3 aromatic rings. The second kappa shape index (κ2) is 6.77. The molecule has 0 unspecified atom stereocenters. The van der Waals surface area contributed by atoms with Crippen LogP contribution in [-0.2, 0) is 11.2 Å². The summed E-state index contributed by atoms with van der Waals surface area (Å²) < 4.78 is 8.21. The topological polar surface area (TPSA) is 17.4 Å². The Morgan fingerprint density at radius 3 is 2.40 bits per heavy atom. The van der Waals surface area contributed by atoms with Gasteiger partial charge in [-0.05, 0) is 49.2 Å². The lowest BCUT2D eigenvalue weighted by Gasteiger charge is -2.24. The Labute approximate surface area is 149 Å². The first-order valence-corrected chi connectivity index (χ1v) is 8.97. The van der Waals surface area contributed by atoms with Crippen molar-refractivity contribution in [3.8, 4) is 5.69 Å². The van der Waals surface area contributed by atoms with Gasteiger partial charge in [0.2, 0.25) is 0 Å². The molecule has 0 amide bonds. The first-order chi connectivity index (χ1) is 12.2. The zero-order valence-electron chi connectivity index (χ0n) is 14.9. The van der Waals surface area contributed by atoms with E-state index in [4.69, 9.17) is 4.74 Å². The Morgan fingerprint density at radius 1 is 0.960 bits per heavy atom. The number of hydrogen-bond acceptors (Lipinski definition) is 2. The van der Waals surface area contributed by atoms with Crippen LogP contribution in [0.15, 0.2) is 67.0 Å². The van der Waals surface area contributed by atoms with Crippen molar-refractivity contribution in [3.05, 3.63) is 83.7 Å². The van der Waals surface area contributed by atoms with Crippen LogP contribution in [0.2, 0.25) is 0 Å². The standard InChI is InChI=1S/C22H24N2O/c1-3-18-6-10-21(11-7-18)24-14-15-25-22(24)19-12-13-23(16-19)20-8-4-17(2)5-9-20/h4-13,16,22H,3,14-15H2,1-2H3/t22-/m1/s1. The van der Waals surface area contributed by atoms with E-state index in [1.54, 1.807) is 0 Å². The number of hydrogen-bond donors (Lipinski definition) is 0. The molecule has 0 saturated carbocycles. The van der Waals surface area contributed by atoms with Crippen LogP contribution in [0.4, 0.5) is 5.69 Å². The molecule has 3 nitrogen and oxygen atoms in total. The molecule has 3 heteroatoms. The summed E-state index contributed by atoms with van der Waals surface area (Å²) in [6, 6.07) is 19.6. The molecule has 2 heterocycles. The minimum atomic E-state index is -0.0147. The molecule has 0 N–H and O–H groups in total. The van der Waals surface area contributed by atoms with Crippen LogP contribution in [0.5, 0.6) is 0 Å². The van der Waals surface area contributed by atoms with Crippen molar-refractivity contribution in [1.82, 2.24) is 4.57 Å². The lowest BCUT2D eigenvalue weighted by molar-refractivity contribution is 0.114. The number of benzene rings is 2. The maximum Gasteiger partial charge on any atom is 0.158 e. The molecule has 1 aliphatic rings. The van der Waals surface area contributed by atoms with E-state index in [0.717, 1.165) is 19.6 Å². The molecule has 0 spiro atoms. The van der Waals surface area contributed by atoms with E-state index in [1.165, 1.54) is 28.1 Å². The molecule has 1 saturated heterocycles. The number of aromatic nitrogens is 1. The number of nitrogens with zero attached hydrogens (tertiary/aromatic N) is 2. The van der Waals surface area contributed by atoms with E-state index in [0.29, 0.717) is 0 Å².